The van der Waals surface area contributed by atoms with Crippen LogP contribution >= 0.6 is 0 Å². The number of carbonyl (C=O) groups excluding carboxylic acids is 3. The Labute approximate surface area is 185 Å². The summed E-state index contributed by atoms with van der Waals surface area (Å²) >= 11 is 0. The molecule has 1 N–H and O–H groups in total. The van der Waals surface area contributed by atoms with E-state index in [0.29, 0.717) is 37.2 Å². The summed E-state index contributed by atoms with van der Waals surface area (Å²) in [6.07, 6.45) is 4.58. The number of ether oxygens (including phenoxy) is 1. The van der Waals surface area contributed by atoms with E-state index in [-0.39, 0.29) is 29.6 Å². The lowest BCUT2D eigenvalue weighted by Crippen LogP contribution is -2.55. The molecule has 0 radical (unpaired) electrons. The molecule has 2 aliphatic rings. The number of benzene rings is 1. The summed E-state index contributed by atoms with van der Waals surface area (Å²) in [6.45, 7) is 6.57. The van der Waals surface area contributed by atoms with E-state index in [0.717, 1.165) is 32.4 Å². The van der Waals surface area contributed by atoms with Gasteiger partial charge in [0.2, 0.25) is 11.8 Å². The van der Waals surface area contributed by atoms with E-state index in [1.807, 2.05) is 23.6 Å². The van der Waals surface area contributed by atoms with Crippen LogP contribution in [-0.4, -0.2) is 66.9 Å². The SMILES string of the molecule is COc1ccc(C(=O)N[C@H](C(=O)N2CCCCC2)C2CCN(C(=O)C(C)C)CC2)cc1. The largest absolute Gasteiger partial charge is 0.497 e. The fourth-order valence-corrected chi connectivity index (χ4v) is 4.48. The molecule has 0 bridgehead atoms. The molecule has 7 nitrogen and oxygen atoms in total. The zero-order valence-corrected chi connectivity index (χ0v) is 18.9. The Balaban J connectivity index is 1.72. The minimum Gasteiger partial charge on any atom is -0.497 e. The molecule has 0 saturated carbocycles. The first-order valence-electron chi connectivity index (χ1n) is 11.4. The van der Waals surface area contributed by atoms with Crippen LogP contribution in [0.5, 0.6) is 5.75 Å². The Morgan fingerprint density at radius 3 is 2.03 bits per heavy atom. The van der Waals surface area contributed by atoms with Crippen molar-refractivity contribution in [3.05, 3.63) is 29.8 Å². The van der Waals surface area contributed by atoms with Crippen LogP contribution in [0.25, 0.3) is 0 Å². The number of likely N-dealkylation sites (tertiary alicyclic amines) is 2. The van der Waals surface area contributed by atoms with Crippen molar-refractivity contribution in [2.24, 2.45) is 11.8 Å². The second-order valence-corrected chi connectivity index (χ2v) is 8.88. The summed E-state index contributed by atoms with van der Waals surface area (Å²) < 4.78 is 5.16. The van der Waals surface area contributed by atoms with Gasteiger partial charge in [0.05, 0.1) is 7.11 Å². The van der Waals surface area contributed by atoms with Crippen LogP contribution in [0.1, 0.15) is 56.3 Å². The summed E-state index contributed by atoms with van der Waals surface area (Å²) in [5.41, 5.74) is 0.504. The van der Waals surface area contributed by atoms with E-state index < -0.39 is 6.04 Å². The molecule has 1 aromatic carbocycles. The van der Waals surface area contributed by atoms with Gasteiger partial charge < -0.3 is 19.9 Å². The number of rotatable bonds is 6. The van der Waals surface area contributed by atoms with E-state index in [2.05, 4.69) is 5.32 Å². The van der Waals surface area contributed by atoms with Gasteiger partial charge in [0.15, 0.2) is 0 Å². The van der Waals surface area contributed by atoms with Crippen molar-refractivity contribution >= 4 is 17.7 Å². The third-order valence-electron chi connectivity index (χ3n) is 6.39. The van der Waals surface area contributed by atoms with Crippen LogP contribution in [-0.2, 0) is 9.59 Å². The lowest BCUT2D eigenvalue weighted by Gasteiger charge is -2.39. The van der Waals surface area contributed by atoms with E-state index in [4.69, 9.17) is 4.74 Å². The van der Waals surface area contributed by atoms with Crippen molar-refractivity contribution in [2.75, 3.05) is 33.3 Å². The summed E-state index contributed by atoms with van der Waals surface area (Å²) in [6, 6.07) is 6.34. The van der Waals surface area contributed by atoms with Crippen LogP contribution in [0.4, 0.5) is 0 Å². The Kier molecular flexibility index (Phi) is 7.93. The Hall–Kier alpha value is -2.57. The second kappa shape index (κ2) is 10.6. The minimum atomic E-state index is -0.566. The summed E-state index contributed by atoms with van der Waals surface area (Å²) in [5, 5.41) is 3.03. The highest BCUT2D eigenvalue weighted by Crippen LogP contribution is 2.25. The monoisotopic (exact) mass is 429 g/mol. The highest BCUT2D eigenvalue weighted by Gasteiger charge is 2.36. The molecule has 2 aliphatic heterocycles. The summed E-state index contributed by atoms with van der Waals surface area (Å²) in [4.78, 5) is 42.5. The van der Waals surface area contributed by atoms with Crippen molar-refractivity contribution in [2.45, 2.75) is 52.0 Å². The number of methoxy groups -OCH3 is 1. The molecule has 170 valence electrons. The highest BCUT2D eigenvalue weighted by atomic mass is 16.5. The third kappa shape index (κ3) is 5.77. The van der Waals surface area contributed by atoms with Crippen molar-refractivity contribution in [1.82, 2.24) is 15.1 Å². The lowest BCUT2D eigenvalue weighted by molar-refractivity contribution is -0.138. The van der Waals surface area contributed by atoms with E-state index in [1.165, 1.54) is 0 Å². The molecule has 0 aliphatic carbocycles. The van der Waals surface area contributed by atoms with Gasteiger partial charge in [-0.05, 0) is 62.3 Å². The van der Waals surface area contributed by atoms with Gasteiger partial charge in [-0.25, -0.2) is 0 Å². The molecule has 0 spiro atoms. The summed E-state index contributed by atoms with van der Waals surface area (Å²) in [5.74, 6) is 0.582. The topological polar surface area (TPSA) is 79.0 Å². The maximum absolute atomic E-state index is 13.4. The average molecular weight is 430 g/mol. The molecular weight excluding hydrogens is 394 g/mol. The van der Waals surface area contributed by atoms with Crippen molar-refractivity contribution in [1.29, 1.82) is 0 Å². The van der Waals surface area contributed by atoms with Crippen LogP contribution in [0, 0.1) is 11.8 Å². The maximum atomic E-state index is 13.4. The number of hydrogen-bond donors (Lipinski definition) is 1. The lowest BCUT2D eigenvalue weighted by atomic mass is 9.87. The van der Waals surface area contributed by atoms with E-state index in [9.17, 15) is 14.4 Å². The highest BCUT2D eigenvalue weighted by molar-refractivity contribution is 5.97. The molecule has 7 heteroatoms. The first-order valence-corrected chi connectivity index (χ1v) is 11.4. The fourth-order valence-electron chi connectivity index (χ4n) is 4.48. The van der Waals surface area contributed by atoms with Gasteiger partial charge in [-0.2, -0.15) is 0 Å². The van der Waals surface area contributed by atoms with E-state index >= 15 is 0 Å². The normalized spacial score (nSPS) is 18.6. The van der Waals surface area contributed by atoms with Gasteiger partial charge in [-0.1, -0.05) is 13.8 Å². The van der Waals surface area contributed by atoms with E-state index in [1.54, 1.807) is 31.4 Å². The molecule has 31 heavy (non-hydrogen) atoms. The molecule has 3 amide bonds. The van der Waals surface area contributed by atoms with Crippen LogP contribution < -0.4 is 10.1 Å². The van der Waals surface area contributed by atoms with Crippen LogP contribution in [0.15, 0.2) is 24.3 Å². The molecule has 2 heterocycles. The quantitative estimate of drug-likeness (QED) is 0.754. The van der Waals surface area contributed by atoms with Crippen molar-refractivity contribution in [3.63, 3.8) is 0 Å². The van der Waals surface area contributed by atoms with Gasteiger partial charge in [-0.15, -0.1) is 0 Å². The number of amides is 3. The molecule has 2 saturated heterocycles. The molecule has 3 rings (SSSR count). The fraction of sp³-hybridized carbons (Fsp3) is 0.625. The molecule has 1 aromatic rings. The van der Waals surface area contributed by atoms with Crippen molar-refractivity contribution < 1.29 is 19.1 Å². The first kappa shape index (κ1) is 23.1. The van der Waals surface area contributed by atoms with Crippen molar-refractivity contribution in [3.8, 4) is 5.75 Å². The average Bonchev–Trinajstić information content (AvgIpc) is 2.82. The molecular formula is C24H35N3O4. The number of nitrogens with one attached hydrogen (secondary N) is 1. The van der Waals surface area contributed by atoms with Crippen LogP contribution in [0.3, 0.4) is 0 Å². The smallest absolute Gasteiger partial charge is 0.251 e. The predicted molar refractivity (Wildman–Crippen MR) is 119 cm³/mol. The standard InChI is InChI=1S/C24H35N3O4/c1-17(2)23(29)27-15-11-18(12-16-27)21(24(30)26-13-5-4-6-14-26)25-22(28)19-7-9-20(31-3)10-8-19/h7-10,17-18,21H,4-6,11-16H2,1-3H3,(H,25,28)/t21-/m0/s1. The predicted octanol–water partition coefficient (Wildman–Crippen LogP) is 2.70. The summed E-state index contributed by atoms with van der Waals surface area (Å²) in [7, 11) is 1.58. The molecule has 0 unspecified atom stereocenters. The Bertz CT molecular complexity index is 764. The minimum absolute atomic E-state index is 0.00944. The van der Waals surface area contributed by atoms with Gasteiger partial charge in [0.1, 0.15) is 11.8 Å². The number of carbonyl (C=O) groups is 3. The Morgan fingerprint density at radius 1 is 0.903 bits per heavy atom. The number of hydrogen-bond acceptors (Lipinski definition) is 4. The number of piperidine rings is 2. The third-order valence-corrected chi connectivity index (χ3v) is 6.39. The molecule has 1 atom stereocenters. The Morgan fingerprint density at radius 2 is 1.48 bits per heavy atom. The van der Waals surface area contributed by atoms with Gasteiger partial charge in [0.25, 0.3) is 5.91 Å². The molecule has 2 fully saturated rings. The first-order chi connectivity index (χ1) is 14.9. The van der Waals surface area contributed by atoms with Gasteiger partial charge in [-0.3, -0.25) is 14.4 Å². The van der Waals surface area contributed by atoms with Gasteiger partial charge in [0, 0.05) is 37.7 Å². The zero-order valence-electron chi connectivity index (χ0n) is 18.9. The number of nitrogens with zero attached hydrogens (tertiary/aromatic N) is 2. The van der Waals surface area contributed by atoms with Gasteiger partial charge >= 0.3 is 0 Å². The van der Waals surface area contributed by atoms with Crippen LogP contribution in [0.2, 0.25) is 0 Å². The maximum Gasteiger partial charge on any atom is 0.251 e. The second-order valence-electron chi connectivity index (χ2n) is 8.88. The molecule has 0 aromatic heterocycles. The zero-order chi connectivity index (χ0) is 22.4.